The molecule has 0 aliphatic carbocycles. The zero-order valence-corrected chi connectivity index (χ0v) is 11.4. The number of carboxylic acid groups (broad SMARTS) is 1. The molecular weight excluding hydrogens is 260 g/mol. The Kier molecular flexibility index (Phi) is 4.55. The zero-order valence-electron chi connectivity index (χ0n) is 11.4. The molecule has 0 atom stereocenters. The van der Waals surface area contributed by atoms with Crippen molar-refractivity contribution in [1.82, 2.24) is 9.88 Å². The summed E-state index contributed by atoms with van der Waals surface area (Å²) in [6, 6.07) is 1.36. The number of hydrogen-bond acceptors (Lipinski definition) is 4. The molecule has 1 saturated heterocycles. The monoisotopic (exact) mass is 278 g/mol. The molecule has 1 aromatic heterocycles. The van der Waals surface area contributed by atoms with Gasteiger partial charge in [0.05, 0.1) is 11.8 Å². The summed E-state index contributed by atoms with van der Waals surface area (Å²) >= 11 is 0. The van der Waals surface area contributed by atoms with Crippen LogP contribution in [0, 0.1) is 5.92 Å². The Morgan fingerprint density at radius 1 is 1.40 bits per heavy atom. The lowest BCUT2D eigenvalue weighted by atomic mass is 9.99. The van der Waals surface area contributed by atoms with E-state index in [4.69, 9.17) is 9.84 Å². The van der Waals surface area contributed by atoms with Crippen LogP contribution in [0.15, 0.2) is 18.5 Å². The second-order valence-corrected chi connectivity index (χ2v) is 5.07. The van der Waals surface area contributed by atoms with E-state index in [0.29, 0.717) is 11.7 Å². The number of likely N-dealkylation sites (tertiary alicyclic amines) is 1. The zero-order chi connectivity index (χ0) is 14.5. The number of rotatable bonds is 4. The van der Waals surface area contributed by atoms with Crippen LogP contribution in [-0.4, -0.2) is 46.6 Å². The Morgan fingerprint density at radius 3 is 2.75 bits per heavy atom. The van der Waals surface area contributed by atoms with Crippen molar-refractivity contribution in [1.29, 1.82) is 0 Å². The summed E-state index contributed by atoms with van der Waals surface area (Å²) in [4.78, 5) is 28.3. The highest BCUT2D eigenvalue weighted by molar-refractivity contribution is 5.87. The van der Waals surface area contributed by atoms with Gasteiger partial charge in [-0.1, -0.05) is 6.92 Å². The third kappa shape index (κ3) is 3.69. The standard InChI is InChI=1S/C14H18N2O4/c1-10-2-4-16(5-3-10)13(17)9-20-12-6-11(14(18)19)7-15-8-12/h6-8,10H,2-5,9H2,1H3,(H,18,19). The molecule has 1 fully saturated rings. The number of ether oxygens (including phenoxy) is 1. The summed E-state index contributed by atoms with van der Waals surface area (Å²) in [5, 5.41) is 8.84. The van der Waals surface area contributed by atoms with Crippen molar-refractivity contribution in [3.8, 4) is 5.75 Å². The number of piperidine rings is 1. The molecule has 1 amide bonds. The predicted octanol–water partition coefficient (Wildman–Crippen LogP) is 1.42. The van der Waals surface area contributed by atoms with E-state index in [1.54, 1.807) is 4.90 Å². The van der Waals surface area contributed by atoms with E-state index < -0.39 is 5.97 Å². The fourth-order valence-electron chi connectivity index (χ4n) is 2.11. The van der Waals surface area contributed by atoms with Crippen LogP contribution in [0.5, 0.6) is 5.75 Å². The van der Waals surface area contributed by atoms with Gasteiger partial charge in [0.15, 0.2) is 6.61 Å². The lowest BCUT2D eigenvalue weighted by Gasteiger charge is -2.30. The van der Waals surface area contributed by atoms with E-state index in [2.05, 4.69) is 11.9 Å². The van der Waals surface area contributed by atoms with Gasteiger partial charge < -0.3 is 14.7 Å². The van der Waals surface area contributed by atoms with E-state index in [1.807, 2.05) is 0 Å². The van der Waals surface area contributed by atoms with Crippen LogP contribution in [0.25, 0.3) is 0 Å². The SMILES string of the molecule is CC1CCN(C(=O)COc2cncc(C(=O)O)c2)CC1. The van der Waals surface area contributed by atoms with Crippen molar-refractivity contribution < 1.29 is 19.4 Å². The van der Waals surface area contributed by atoms with Gasteiger partial charge in [0.25, 0.3) is 5.91 Å². The third-order valence-corrected chi connectivity index (χ3v) is 3.46. The minimum absolute atomic E-state index is 0.0433. The first-order valence-electron chi connectivity index (χ1n) is 6.65. The highest BCUT2D eigenvalue weighted by Gasteiger charge is 2.20. The summed E-state index contributed by atoms with van der Waals surface area (Å²) < 4.78 is 5.32. The van der Waals surface area contributed by atoms with Crippen molar-refractivity contribution in [3.63, 3.8) is 0 Å². The average molecular weight is 278 g/mol. The Morgan fingerprint density at radius 2 is 2.10 bits per heavy atom. The van der Waals surface area contributed by atoms with E-state index in [9.17, 15) is 9.59 Å². The van der Waals surface area contributed by atoms with E-state index in [1.165, 1.54) is 18.5 Å². The van der Waals surface area contributed by atoms with Gasteiger partial charge >= 0.3 is 5.97 Å². The number of carboxylic acids is 1. The number of aromatic nitrogens is 1. The van der Waals surface area contributed by atoms with E-state index >= 15 is 0 Å². The second kappa shape index (κ2) is 6.36. The minimum atomic E-state index is -1.07. The van der Waals surface area contributed by atoms with Gasteiger partial charge in [-0.3, -0.25) is 9.78 Å². The van der Waals surface area contributed by atoms with Crippen molar-refractivity contribution in [3.05, 3.63) is 24.0 Å². The first-order valence-corrected chi connectivity index (χ1v) is 6.65. The van der Waals surface area contributed by atoms with Crippen molar-refractivity contribution in [2.24, 2.45) is 5.92 Å². The smallest absolute Gasteiger partial charge is 0.337 e. The van der Waals surface area contributed by atoms with Gasteiger partial charge in [0, 0.05) is 19.3 Å². The highest BCUT2D eigenvalue weighted by Crippen LogP contribution is 2.16. The van der Waals surface area contributed by atoms with Gasteiger partial charge in [-0.15, -0.1) is 0 Å². The molecule has 0 aromatic carbocycles. The Labute approximate surface area is 117 Å². The molecule has 2 heterocycles. The van der Waals surface area contributed by atoms with Crippen LogP contribution in [-0.2, 0) is 4.79 Å². The normalized spacial score (nSPS) is 15.9. The molecule has 0 spiro atoms. The molecular formula is C14H18N2O4. The van der Waals surface area contributed by atoms with E-state index in [-0.39, 0.29) is 18.1 Å². The van der Waals surface area contributed by atoms with Crippen molar-refractivity contribution in [2.75, 3.05) is 19.7 Å². The first-order chi connectivity index (χ1) is 9.56. The molecule has 20 heavy (non-hydrogen) atoms. The van der Waals surface area contributed by atoms with E-state index in [0.717, 1.165) is 25.9 Å². The average Bonchev–Trinajstić information content (AvgIpc) is 2.46. The molecule has 1 aliphatic heterocycles. The quantitative estimate of drug-likeness (QED) is 0.901. The summed E-state index contributed by atoms with van der Waals surface area (Å²) in [6.45, 7) is 3.62. The predicted molar refractivity (Wildman–Crippen MR) is 71.7 cm³/mol. The molecule has 0 unspecified atom stereocenters. The van der Waals surface area contributed by atoms with Crippen LogP contribution in [0.4, 0.5) is 0 Å². The molecule has 6 nitrogen and oxygen atoms in total. The molecule has 6 heteroatoms. The van der Waals surface area contributed by atoms with Crippen LogP contribution in [0.2, 0.25) is 0 Å². The number of aromatic carboxylic acids is 1. The minimum Gasteiger partial charge on any atom is -0.482 e. The lowest BCUT2D eigenvalue weighted by molar-refractivity contribution is -0.134. The summed E-state index contributed by atoms with van der Waals surface area (Å²) in [6.07, 6.45) is 4.67. The summed E-state index contributed by atoms with van der Waals surface area (Å²) in [5.41, 5.74) is 0.0433. The number of nitrogens with zero attached hydrogens (tertiary/aromatic N) is 2. The van der Waals surface area contributed by atoms with Crippen molar-refractivity contribution >= 4 is 11.9 Å². The molecule has 0 bridgehead atoms. The highest BCUT2D eigenvalue weighted by atomic mass is 16.5. The topological polar surface area (TPSA) is 79.7 Å². The number of pyridine rings is 1. The second-order valence-electron chi connectivity index (χ2n) is 5.07. The van der Waals surface area contributed by atoms with Gasteiger partial charge in [0.2, 0.25) is 0 Å². The molecule has 0 radical (unpaired) electrons. The fraction of sp³-hybridized carbons (Fsp3) is 0.500. The maximum absolute atomic E-state index is 12.0. The van der Waals surface area contributed by atoms with Crippen LogP contribution in [0.1, 0.15) is 30.1 Å². The molecule has 0 saturated carbocycles. The Balaban J connectivity index is 1.87. The molecule has 1 aromatic rings. The molecule has 1 aliphatic rings. The third-order valence-electron chi connectivity index (χ3n) is 3.46. The summed E-state index contributed by atoms with van der Waals surface area (Å²) in [7, 11) is 0. The summed E-state index contributed by atoms with van der Waals surface area (Å²) in [5.74, 6) is -0.183. The van der Waals surface area contributed by atoms with Gasteiger partial charge in [-0.05, 0) is 24.8 Å². The number of carbonyl (C=O) groups excluding carboxylic acids is 1. The van der Waals surface area contributed by atoms with Gasteiger partial charge in [-0.2, -0.15) is 0 Å². The Hall–Kier alpha value is -2.11. The maximum Gasteiger partial charge on any atom is 0.337 e. The first kappa shape index (κ1) is 14.3. The number of carbonyl (C=O) groups is 2. The van der Waals surface area contributed by atoms with Gasteiger partial charge in [-0.25, -0.2) is 4.79 Å². The van der Waals surface area contributed by atoms with Crippen LogP contribution >= 0.6 is 0 Å². The number of hydrogen-bond donors (Lipinski definition) is 1. The Bertz CT molecular complexity index is 496. The lowest BCUT2D eigenvalue weighted by Crippen LogP contribution is -2.40. The van der Waals surface area contributed by atoms with Crippen molar-refractivity contribution in [2.45, 2.75) is 19.8 Å². The maximum atomic E-state index is 12.0. The molecule has 1 N–H and O–H groups in total. The van der Waals surface area contributed by atoms with Gasteiger partial charge in [0.1, 0.15) is 5.75 Å². The van der Waals surface area contributed by atoms with Crippen LogP contribution < -0.4 is 4.74 Å². The largest absolute Gasteiger partial charge is 0.482 e. The molecule has 2 rings (SSSR count). The number of amides is 1. The van der Waals surface area contributed by atoms with Crippen LogP contribution in [0.3, 0.4) is 0 Å². The fourth-order valence-corrected chi connectivity index (χ4v) is 2.11. The molecule has 108 valence electrons.